The third-order valence-electron chi connectivity index (χ3n) is 5.48. The van der Waals surface area contributed by atoms with E-state index >= 15 is 0 Å². The first-order chi connectivity index (χ1) is 14.3. The highest BCUT2D eigenvalue weighted by atomic mass is 16.5. The van der Waals surface area contributed by atoms with E-state index in [1.807, 2.05) is 54.6 Å². The van der Waals surface area contributed by atoms with Crippen molar-refractivity contribution in [1.29, 1.82) is 0 Å². The quantitative estimate of drug-likeness (QED) is 0.366. The number of methoxy groups -OCH3 is 1. The molecule has 0 atom stereocenters. The van der Waals surface area contributed by atoms with Crippen molar-refractivity contribution < 1.29 is 9.84 Å². The van der Waals surface area contributed by atoms with Gasteiger partial charge in [-0.1, -0.05) is 78.9 Å². The lowest BCUT2D eigenvalue weighted by atomic mass is 9.89. The SMILES string of the molecule is COc1ccc(-c2cc3ccccc3c(-c3cccc4ccccc34)c2O)cc1. The van der Waals surface area contributed by atoms with Gasteiger partial charge in [0.1, 0.15) is 11.5 Å². The molecule has 0 radical (unpaired) electrons. The van der Waals surface area contributed by atoms with Crippen LogP contribution >= 0.6 is 0 Å². The Morgan fingerprint density at radius 3 is 2.03 bits per heavy atom. The molecule has 0 amide bonds. The van der Waals surface area contributed by atoms with Crippen LogP contribution in [0.15, 0.2) is 97.1 Å². The molecule has 0 aliphatic rings. The summed E-state index contributed by atoms with van der Waals surface area (Å²) < 4.78 is 5.28. The summed E-state index contributed by atoms with van der Waals surface area (Å²) in [5.74, 6) is 1.09. The zero-order valence-electron chi connectivity index (χ0n) is 16.1. The topological polar surface area (TPSA) is 29.5 Å². The van der Waals surface area contributed by atoms with Gasteiger partial charge in [-0.3, -0.25) is 0 Å². The fourth-order valence-corrected chi connectivity index (χ4v) is 4.04. The molecule has 0 saturated carbocycles. The maximum Gasteiger partial charge on any atom is 0.131 e. The van der Waals surface area contributed by atoms with Crippen molar-refractivity contribution >= 4 is 21.5 Å². The molecule has 0 heterocycles. The number of phenolic OH excluding ortho intramolecular Hbond substituents is 1. The fraction of sp³-hybridized carbons (Fsp3) is 0.0370. The number of fused-ring (bicyclic) bond motifs is 2. The Balaban J connectivity index is 1.86. The van der Waals surface area contributed by atoms with Crippen molar-refractivity contribution in [3.05, 3.63) is 97.1 Å². The summed E-state index contributed by atoms with van der Waals surface area (Å²) in [5, 5.41) is 15.9. The first-order valence-corrected chi connectivity index (χ1v) is 9.63. The van der Waals surface area contributed by atoms with E-state index in [2.05, 4.69) is 42.5 Å². The zero-order valence-corrected chi connectivity index (χ0v) is 16.1. The molecule has 1 N–H and O–H groups in total. The Hall–Kier alpha value is -3.78. The van der Waals surface area contributed by atoms with Crippen LogP contribution in [0.25, 0.3) is 43.8 Å². The first kappa shape index (κ1) is 17.3. The number of aromatic hydroxyl groups is 1. The van der Waals surface area contributed by atoms with Crippen LogP contribution in [0.1, 0.15) is 0 Å². The van der Waals surface area contributed by atoms with Crippen LogP contribution in [0.5, 0.6) is 11.5 Å². The van der Waals surface area contributed by atoms with Gasteiger partial charge in [0.2, 0.25) is 0 Å². The van der Waals surface area contributed by atoms with E-state index in [-0.39, 0.29) is 0 Å². The molecular formula is C27H20O2. The van der Waals surface area contributed by atoms with E-state index in [0.717, 1.165) is 49.5 Å². The van der Waals surface area contributed by atoms with Gasteiger partial charge in [-0.05, 0) is 50.9 Å². The maximum atomic E-state index is 11.4. The minimum atomic E-state index is 0.296. The van der Waals surface area contributed by atoms with Crippen molar-refractivity contribution in [1.82, 2.24) is 0 Å². The number of hydrogen-bond acceptors (Lipinski definition) is 2. The molecule has 0 bridgehead atoms. The Bertz CT molecular complexity index is 1330. The van der Waals surface area contributed by atoms with Crippen LogP contribution in [-0.2, 0) is 0 Å². The monoisotopic (exact) mass is 376 g/mol. The molecule has 0 saturated heterocycles. The average molecular weight is 376 g/mol. The summed E-state index contributed by atoms with van der Waals surface area (Å²) in [6, 6.07) is 32.6. The normalized spacial score (nSPS) is 11.1. The Morgan fingerprint density at radius 1 is 0.621 bits per heavy atom. The van der Waals surface area contributed by atoms with E-state index < -0.39 is 0 Å². The van der Waals surface area contributed by atoms with Crippen LogP contribution < -0.4 is 4.74 Å². The van der Waals surface area contributed by atoms with E-state index in [0.29, 0.717) is 5.75 Å². The van der Waals surface area contributed by atoms with Gasteiger partial charge in [0.25, 0.3) is 0 Å². The summed E-state index contributed by atoms with van der Waals surface area (Å²) in [7, 11) is 1.65. The smallest absolute Gasteiger partial charge is 0.131 e. The number of phenols is 1. The number of rotatable bonds is 3. The van der Waals surface area contributed by atoms with E-state index in [4.69, 9.17) is 4.74 Å². The standard InChI is InChI=1S/C27H20O2/c1-29-21-15-13-19(14-16-21)25-17-20-8-3-5-11-23(20)26(27(25)28)24-12-6-9-18-7-2-4-10-22(18)24/h2-17,28H,1H3. The number of ether oxygens (including phenoxy) is 1. The lowest BCUT2D eigenvalue weighted by molar-refractivity contribution is 0.415. The van der Waals surface area contributed by atoms with Crippen LogP contribution in [0, 0.1) is 0 Å². The first-order valence-electron chi connectivity index (χ1n) is 9.63. The molecule has 5 aromatic rings. The molecule has 140 valence electrons. The summed E-state index contributed by atoms with van der Waals surface area (Å²) in [6.07, 6.45) is 0. The highest BCUT2D eigenvalue weighted by molar-refractivity contribution is 6.10. The van der Waals surface area contributed by atoms with Gasteiger partial charge in [0.15, 0.2) is 0 Å². The summed E-state index contributed by atoms with van der Waals surface area (Å²) >= 11 is 0. The third kappa shape index (κ3) is 2.90. The van der Waals surface area contributed by atoms with E-state index in [9.17, 15) is 5.11 Å². The van der Waals surface area contributed by atoms with Gasteiger partial charge < -0.3 is 9.84 Å². The molecule has 0 unspecified atom stereocenters. The van der Waals surface area contributed by atoms with Crippen LogP contribution in [-0.4, -0.2) is 12.2 Å². The Labute approximate surface area is 169 Å². The summed E-state index contributed by atoms with van der Waals surface area (Å²) in [5.41, 5.74) is 3.67. The highest BCUT2D eigenvalue weighted by Crippen LogP contribution is 2.45. The van der Waals surface area contributed by atoms with Gasteiger partial charge in [-0.2, -0.15) is 0 Å². The van der Waals surface area contributed by atoms with Crippen LogP contribution in [0.3, 0.4) is 0 Å². The summed E-state index contributed by atoms with van der Waals surface area (Å²) in [6.45, 7) is 0. The minimum Gasteiger partial charge on any atom is -0.507 e. The van der Waals surface area contributed by atoms with Gasteiger partial charge in [0.05, 0.1) is 7.11 Å². The van der Waals surface area contributed by atoms with Crippen molar-refractivity contribution in [3.63, 3.8) is 0 Å². The number of benzene rings is 5. The second-order valence-electron chi connectivity index (χ2n) is 7.12. The maximum absolute atomic E-state index is 11.4. The van der Waals surface area contributed by atoms with Crippen molar-refractivity contribution in [2.75, 3.05) is 7.11 Å². The fourth-order valence-electron chi connectivity index (χ4n) is 4.04. The lowest BCUT2D eigenvalue weighted by Gasteiger charge is -2.16. The Morgan fingerprint density at radius 2 is 1.28 bits per heavy atom. The molecule has 5 aromatic carbocycles. The van der Waals surface area contributed by atoms with Crippen molar-refractivity contribution in [3.8, 4) is 33.8 Å². The molecule has 5 rings (SSSR count). The van der Waals surface area contributed by atoms with Crippen LogP contribution in [0.4, 0.5) is 0 Å². The van der Waals surface area contributed by atoms with Crippen LogP contribution in [0.2, 0.25) is 0 Å². The Kier molecular flexibility index (Phi) is 4.18. The van der Waals surface area contributed by atoms with Gasteiger partial charge in [-0.25, -0.2) is 0 Å². The van der Waals surface area contributed by atoms with Crippen molar-refractivity contribution in [2.45, 2.75) is 0 Å². The van der Waals surface area contributed by atoms with Gasteiger partial charge in [0, 0.05) is 11.1 Å². The largest absolute Gasteiger partial charge is 0.507 e. The summed E-state index contributed by atoms with van der Waals surface area (Å²) in [4.78, 5) is 0. The zero-order chi connectivity index (χ0) is 19.8. The van der Waals surface area contributed by atoms with Gasteiger partial charge >= 0.3 is 0 Å². The molecule has 2 nitrogen and oxygen atoms in total. The molecule has 0 spiro atoms. The molecular weight excluding hydrogens is 356 g/mol. The van der Waals surface area contributed by atoms with E-state index in [1.54, 1.807) is 7.11 Å². The molecule has 0 fully saturated rings. The molecule has 2 heteroatoms. The molecule has 0 aliphatic heterocycles. The minimum absolute atomic E-state index is 0.296. The predicted octanol–water partition coefficient (Wildman–Crippen LogP) is 7.04. The third-order valence-corrected chi connectivity index (χ3v) is 5.48. The average Bonchev–Trinajstić information content (AvgIpc) is 2.79. The van der Waals surface area contributed by atoms with Gasteiger partial charge in [-0.15, -0.1) is 0 Å². The molecule has 29 heavy (non-hydrogen) atoms. The molecule has 0 aromatic heterocycles. The second kappa shape index (κ2) is 6.99. The molecule has 0 aliphatic carbocycles. The van der Waals surface area contributed by atoms with Crippen molar-refractivity contribution in [2.24, 2.45) is 0 Å². The lowest BCUT2D eigenvalue weighted by Crippen LogP contribution is -1.89. The number of hydrogen-bond donors (Lipinski definition) is 1. The van der Waals surface area contributed by atoms with E-state index in [1.165, 1.54) is 0 Å². The predicted molar refractivity (Wildman–Crippen MR) is 121 cm³/mol. The highest BCUT2D eigenvalue weighted by Gasteiger charge is 2.17. The second-order valence-corrected chi connectivity index (χ2v) is 7.12.